The number of thiophene rings is 1. The minimum atomic E-state index is 0.426. The molecule has 0 aliphatic rings. The van der Waals surface area contributed by atoms with Crippen molar-refractivity contribution in [1.29, 1.82) is 0 Å². The second-order valence-corrected chi connectivity index (χ2v) is 4.92. The lowest BCUT2D eigenvalue weighted by molar-refractivity contribution is 0.487. The molecule has 2 rings (SSSR count). The third-order valence-electron chi connectivity index (χ3n) is 2.70. The molecule has 0 fully saturated rings. The molecule has 2 nitrogen and oxygen atoms in total. The SMILES string of the molecule is Cc1ccsc1C(C)NCCc1ccco1. The van der Waals surface area contributed by atoms with Crippen LogP contribution in [0.15, 0.2) is 34.3 Å². The summed E-state index contributed by atoms with van der Waals surface area (Å²) >= 11 is 1.82. The van der Waals surface area contributed by atoms with Crippen molar-refractivity contribution in [2.75, 3.05) is 6.54 Å². The lowest BCUT2D eigenvalue weighted by atomic mass is 10.2. The van der Waals surface area contributed by atoms with Crippen LogP contribution in [0.5, 0.6) is 0 Å². The fourth-order valence-electron chi connectivity index (χ4n) is 1.79. The van der Waals surface area contributed by atoms with Crippen molar-refractivity contribution in [2.24, 2.45) is 0 Å². The van der Waals surface area contributed by atoms with Gasteiger partial charge in [0, 0.05) is 23.9 Å². The van der Waals surface area contributed by atoms with Gasteiger partial charge >= 0.3 is 0 Å². The normalized spacial score (nSPS) is 12.9. The molecule has 3 heteroatoms. The molecule has 0 radical (unpaired) electrons. The number of nitrogens with one attached hydrogen (secondary N) is 1. The zero-order valence-corrected chi connectivity index (χ0v) is 10.5. The first-order chi connectivity index (χ1) is 7.77. The predicted molar refractivity (Wildman–Crippen MR) is 67.9 cm³/mol. The summed E-state index contributed by atoms with van der Waals surface area (Å²) in [5, 5.41) is 5.66. The highest BCUT2D eigenvalue weighted by molar-refractivity contribution is 7.10. The van der Waals surface area contributed by atoms with Gasteiger partial charge in [0.05, 0.1) is 6.26 Å². The molecule has 16 heavy (non-hydrogen) atoms. The van der Waals surface area contributed by atoms with Crippen molar-refractivity contribution in [2.45, 2.75) is 26.3 Å². The third kappa shape index (κ3) is 2.74. The van der Waals surface area contributed by atoms with E-state index in [2.05, 4.69) is 30.6 Å². The van der Waals surface area contributed by atoms with E-state index in [1.165, 1.54) is 10.4 Å². The van der Waals surface area contributed by atoms with E-state index >= 15 is 0 Å². The summed E-state index contributed by atoms with van der Waals surface area (Å²) in [6.07, 6.45) is 2.67. The predicted octanol–water partition coefficient (Wildman–Crippen LogP) is 3.54. The first kappa shape index (κ1) is 11.4. The van der Waals surface area contributed by atoms with Crippen LogP contribution in [-0.2, 0) is 6.42 Å². The van der Waals surface area contributed by atoms with Crippen LogP contribution < -0.4 is 5.32 Å². The molecule has 86 valence electrons. The second kappa shape index (κ2) is 5.32. The van der Waals surface area contributed by atoms with E-state index < -0.39 is 0 Å². The summed E-state index contributed by atoms with van der Waals surface area (Å²) in [5.41, 5.74) is 1.38. The zero-order chi connectivity index (χ0) is 11.4. The highest BCUT2D eigenvalue weighted by Crippen LogP contribution is 2.23. The molecule has 0 amide bonds. The van der Waals surface area contributed by atoms with E-state index in [0.29, 0.717) is 6.04 Å². The van der Waals surface area contributed by atoms with Gasteiger partial charge in [0.2, 0.25) is 0 Å². The van der Waals surface area contributed by atoms with Crippen molar-refractivity contribution in [3.8, 4) is 0 Å². The number of hydrogen-bond acceptors (Lipinski definition) is 3. The molecule has 0 bridgehead atoms. The summed E-state index contributed by atoms with van der Waals surface area (Å²) < 4.78 is 5.29. The van der Waals surface area contributed by atoms with Crippen molar-refractivity contribution >= 4 is 11.3 Å². The molecular weight excluding hydrogens is 218 g/mol. The minimum absolute atomic E-state index is 0.426. The van der Waals surface area contributed by atoms with Crippen molar-refractivity contribution in [3.63, 3.8) is 0 Å². The van der Waals surface area contributed by atoms with Gasteiger partial charge in [-0.15, -0.1) is 11.3 Å². The van der Waals surface area contributed by atoms with Crippen LogP contribution in [-0.4, -0.2) is 6.54 Å². The van der Waals surface area contributed by atoms with Crippen molar-refractivity contribution in [1.82, 2.24) is 5.32 Å². The van der Waals surface area contributed by atoms with Crippen LogP contribution in [0.4, 0.5) is 0 Å². The average molecular weight is 235 g/mol. The van der Waals surface area contributed by atoms with E-state index in [1.54, 1.807) is 6.26 Å². The van der Waals surface area contributed by atoms with E-state index in [-0.39, 0.29) is 0 Å². The molecule has 1 N–H and O–H groups in total. The molecule has 0 spiro atoms. The minimum Gasteiger partial charge on any atom is -0.469 e. The van der Waals surface area contributed by atoms with Crippen LogP contribution in [0, 0.1) is 6.92 Å². The van der Waals surface area contributed by atoms with Gasteiger partial charge in [-0.05, 0) is 43.0 Å². The first-order valence-electron chi connectivity index (χ1n) is 5.57. The molecule has 0 saturated carbocycles. The molecule has 0 saturated heterocycles. The second-order valence-electron chi connectivity index (χ2n) is 3.97. The Balaban J connectivity index is 1.80. The molecular formula is C13H17NOS. The maximum Gasteiger partial charge on any atom is 0.105 e. The maximum absolute atomic E-state index is 5.29. The Labute approximate surface area is 100 Å². The van der Waals surface area contributed by atoms with Gasteiger partial charge in [0.25, 0.3) is 0 Å². The number of aryl methyl sites for hydroxylation is 1. The molecule has 2 heterocycles. The number of furan rings is 1. The third-order valence-corrected chi connectivity index (χ3v) is 3.90. The largest absolute Gasteiger partial charge is 0.469 e. The fourth-order valence-corrected chi connectivity index (χ4v) is 2.75. The summed E-state index contributed by atoms with van der Waals surface area (Å²) in [6.45, 7) is 5.32. The van der Waals surface area contributed by atoms with Crippen LogP contribution in [0.1, 0.15) is 29.2 Å². The molecule has 2 aromatic rings. The molecule has 0 aliphatic carbocycles. The van der Waals surface area contributed by atoms with Gasteiger partial charge in [0.15, 0.2) is 0 Å². The Kier molecular flexibility index (Phi) is 3.80. The average Bonchev–Trinajstić information content (AvgIpc) is 2.88. The first-order valence-corrected chi connectivity index (χ1v) is 6.45. The smallest absolute Gasteiger partial charge is 0.105 e. The highest BCUT2D eigenvalue weighted by atomic mass is 32.1. The van der Waals surface area contributed by atoms with Gasteiger partial charge in [-0.25, -0.2) is 0 Å². The standard InChI is InChI=1S/C13H17NOS/c1-10-6-9-16-13(10)11(2)14-7-5-12-4-3-8-15-12/h3-4,6,8-9,11,14H,5,7H2,1-2H3. The molecule has 1 unspecified atom stereocenters. The van der Waals surface area contributed by atoms with Crippen LogP contribution in [0.25, 0.3) is 0 Å². The van der Waals surface area contributed by atoms with Crippen molar-refractivity contribution in [3.05, 3.63) is 46.0 Å². The van der Waals surface area contributed by atoms with E-state index in [4.69, 9.17) is 4.42 Å². The van der Waals surface area contributed by atoms with Crippen LogP contribution >= 0.6 is 11.3 Å². The van der Waals surface area contributed by atoms with Gasteiger partial charge < -0.3 is 9.73 Å². The quantitative estimate of drug-likeness (QED) is 0.857. The maximum atomic E-state index is 5.29. The summed E-state index contributed by atoms with van der Waals surface area (Å²) in [6, 6.07) is 6.55. The Hall–Kier alpha value is -1.06. The Morgan fingerprint density at radius 1 is 1.44 bits per heavy atom. The Morgan fingerprint density at radius 3 is 2.94 bits per heavy atom. The molecule has 0 aliphatic heterocycles. The van der Waals surface area contributed by atoms with E-state index in [9.17, 15) is 0 Å². The lowest BCUT2D eigenvalue weighted by Gasteiger charge is -2.12. The van der Waals surface area contributed by atoms with Gasteiger partial charge in [-0.1, -0.05) is 0 Å². The number of hydrogen-bond donors (Lipinski definition) is 1. The summed E-state index contributed by atoms with van der Waals surface area (Å²) in [5.74, 6) is 1.04. The van der Waals surface area contributed by atoms with E-state index in [0.717, 1.165) is 18.7 Å². The van der Waals surface area contributed by atoms with Gasteiger partial charge in [-0.2, -0.15) is 0 Å². The monoisotopic (exact) mass is 235 g/mol. The molecule has 2 aromatic heterocycles. The van der Waals surface area contributed by atoms with Crippen LogP contribution in [0.3, 0.4) is 0 Å². The zero-order valence-electron chi connectivity index (χ0n) is 9.69. The van der Waals surface area contributed by atoms with Gasteiger partial charge in [-0.3, -0.25) is 0 Å². The lowest BCUT2D eigenvalue weighted by Crippen LogP contribution is -2.20. The Morgan fingerprint density at radius 2 is 2.31 bits per heavy atom. The topological polar surface area (TPSA) is 25.2 Å². The van der Waals surface area contributed by atoms with E-state index in [1.807, 2.05) is 23.5 Å². The fraction of sp³-hybridized carbons (Fsp3) is 0.385. The summed E-state index contributed by atoms with van der Waals surface area (Å²) in [4.78, 5) is 1.43. The van der Waals surface area contributed by atoms with Gasteiger partial charge in [0.1, 0.15) is 5.76 Å². The highest BCUT2D eigenvalue weighted by Gasteiger charge is 2.08. The summed E-state index contributed by atoms with van der Waals surface area (Å²) in [7, 11) is 0. The Bertz CT molecular complexity index is 419. The molecule has 0 aromatic carbocycles. The van der Waals surface area contributed by atoms with Crippen molar-refractivity contribution < 1.29 is 4.42 Å². The van der Waals surface area contributed by atoms with Crippen LogP contribution in [0.2, 0.25) is 0 Å². The molecule has 1 atom stereocenters. The number of rotatable bonds is 5.